The van der Waals surface area contributed by atoms with Crippen LogP contribution >= 0.6 is 0 Å². The number of hydrogen-bond donors (Lipinski definition) is 2. The van der Waals surface area contributed by atoms with E-state index in [-0.39, 0.29) is 5.91 Å². The van der Waals surface area contributed by atoms with E-state index in [9.17, 15) is 4.79 Å². The number of pyridine rings is 1. The Labute approximate surface area is 148 Å². The molecule has 0 spiro atoms. The molecule has 1 aromatic heterocycles. The van der Waals surface area contributed by atoms with Crippen LogP contribution in [0.4, 0.5) is 17.2 Å². The quantitative estimate of drug-likeness (QED) is 0.815. The largest absolute Gasteiger partial charge is 0.398 e. The van der Waals surface area contributed by atoms with Gasteiger partial charge in [0.25, 0.3) is 0 Å². The average molecular weight is 339 g/mol. The molecule has 1 amide bonds. The summed E-state index contributed by atoms with van der Waals surface area (Å²) in [6, 6.07) is 11.6. The van der Waals surface area contributed by atoms with Crippen LogP contribution < -0.4 is 16.0 Å². The molecule has 132 valence electrons. The van der Waals surface area contributed by atoms with Crippen molar-refractivity contribution in [3.05, 3.63) is 48.2 Å². The van der Waals surface area contributed by atoms with E-state index < -0.39 is 0 Å². The Bertz CT molecular complexity index is 711. The van der Waals surface area contributed by atoms with Crippen LogP contribution in [0.25, 0.3) is 0 Å². The first kappa shape index (κ1) is 17.2. The number of aromatic nitrogens is 1. The van der Waals surface area contributed by atoms with Crippen LogP contribution in [0.1, 0.15) is 12.5 Å². The minimum atomic E-state index is -0.00469. The van der Waals surface area contributed by atoms with Gasteiger partial charge in [-0.1, -0.05) is 19.1 Å². The van der Waals surface area contributed by atoms with Gasteiger partial charge in [0, 0.05) is 43.8 Å². The summed E-state index contributed by atoms with van der Waals surface area (Å²) in [6.45, 7) is 5.91. The zero-order valence-electron chi connectivity index (χ0n) is 14.6. The molecule has 0 atom stereocenters. The van der Waals surface area contributed by atoms with Crippen LogP contribution in [-0.4, -0.2) is 48.5 Å². The van der Waals surface area contributed by atoms with Gasteiger partial charge in [-0.05, 0) is 36.2 Å². The predicted molar refractivity (Wildman–Crippen MR) is 102 cm³/mol. The SMILES string of the molecule is CCc1ccc(NC(=O)CN2CCN(c3ccccn3)CC2)cc1N. The number of nitrogens with zero attached hydrogens (tertiary/aromatic N) is 3. The van der Waals surface area contributed by atoms with E-state index in [0.717, 1.165) is 55.4 Å². The zero-order valence-corrected chi connectivity index (χ0v) is 14.6. The molecule has 0 bridgehead atoms. The first-order valence-electron chi connectivity index (χ1n) is 8.72. The number of nitrogens with two attached hydrogens (primary N) is 1. The van der Waals surface area contributed by atoms with Crippen molar-refractivity contribution in [3.8, 4) is 0 Å². The number of amides is 1. The molecule has 0 saturated carbocycles. The third-order valence-electron chi connectivity index (χ3n) is 4.52. The van der Waals surface area contributed by atoms with Crippen molar-refractivity contribution in [1.82, 2.24) is 9.88 Å². The highest BCUT2D eigenvalue weighted by Crippen LogP contribution is 2.18. The van der Waals surface area contributed by atoms with Gasteiger partial charge in [-0.15, -0.1) is 0 Å². The molecule has 3 N–H and O–H groups in total. The normalized spacial score (nSPS) is 15.2. The Morgan fingerprint density at radius 3 is 2.64 bits per heavy atom. The average Bonchev–Trinajstić information content (AvgIpc) is 2.63. The number of carbonyl (C=O) groups excluding carboxylic acids is 1. The van der Waals surface area contributed by atoms with E-state index in [4.69, 9.17) is 5.73 Å². The highest BCUT2D eigenvalue weighted by Gasteiger charge is 2.19. The fourth-order valence-corrected chi connectivity index (χ4v) is 3.07. The van der Waals surface area contributed by atoms with Crippen molar-refractivity contribution in [3.63, 3.8) is 0 Å². The summed E-state index contributed by atoms with van der Waals surface area (Å²) in [7, 11) is 0. The molecule has 0 unspecified atom stereocenters. The molecule has 0 radical (unpaired) electrons. The van der Waals surface area contributed by atoms with E-state index in [1.165, 1.54) is 0 Å². The van der Waals surface area contributed by atoms with Crippen molar-refractivity contribution < 1.29 is 4.79 Å². The Morgan fingerprint density at radius 2 is 2.00 bits per heavy atom. The number of anilines is 3. The molecule has 1 aromatic carbocycles. The summed E-state index contributed by atoms with van der Waals surface area (Å²) in [4.78, 5) is 21.1. The fraction of sp³-hybridized carbons (Fsp3) is 0.368. The number of rotatable bonds is 5. The number of carbonyl (C=O) groups is 1. The monoisotopic (exact) mass is 339 g/mol. The van der Waals surface area contributed by atoms with Crippen LogP contribution in [0, 0.1) is 0 Å². The fourth-order valence-electron chi connectivity index (χ4n) is 3.07. The lowest BCUT2D eigenvalue weighted by Crippen LogP contribution is -2.48. The van der Waals surface area contributed by atoms with E-state index >= 15 is 0 Å². The van der Waals surface area contributed by atoms with Crippen LogP contribution in [0.15, 0.2) is 42.6 Å². The van der Waals surface area contributed by atoms with Gasteiger partial charge in [0.2, 0.25) is 5.91 Å². The summed E-state index contributed by atoms with van der Waals surface area (Å²) >= 11 is 0. The summed E-state index contributed by atoms with van der Waals surface area (Å²) in [5, 5.41) is 2.94. The van der Waals surface area contributed by atoms with Crippen LogP contribution in [0.3, 0.4) is 0 Å². The number of piperazine rings is 1. The third kappa shape index (κ3) is 4.48. The van der Waals surface area contributed by atoms with E-state index in [2.05, 4.69) is 27.0 Å². The van der Waals surface area contributed by atoms with Crippen LogP contribution in [0.5, 0.6) is 0 Å². The maximum Gasteiger partial charge on any atom is 0.238 e. The number of nitrogens with one attached hydrogen (secondary N) is 1. The topological polar surface area (TPSA) is 74.5 Å². The Hall–Kier alpha value is -2.60. The molecule has 1 saturated heterocycles. The lowest BCUT2D eigenvalue weighted by molar-refractivity contribution is -0.117. The smallest absolute Gasteiger partial charge is 0.238 e. The Morgan fingerprint density at radius 1 is 1.20 bits per heavy atom. The lowest BCUT2D eigenvalue weighted by atomic mass is 10.1. The van der Waals surface area contributed by atoms with Gasteiger partial charge in [0.05, 0.1) is 6.54 Å². The molecule has 2 heterocycles. The van der Waals surface area contributed by atoms with E-state index in [1.54, 1.807) is 0 Å². The number of nitrogen functional groups attached to an aromatic ring is 1. The zero-order chi connectivity index (χ0) is 17.6. The van der Waals surface area contributed by atoms with Crippen LogP contribution in [-0.2, 0) is 11.2 Å². The second-order valence-corrected chi connectivity index (χ2v) is 6.27. The summed E-state index contributed by atoms with van der Waals surface area (Å²) in [5.74, 6) is 0.994. The van der Waals surface area contributed by atoms with Gasteiger partial charge < -0.3 is 16.0 Å². The first-order chi connectivity index (χ1) is 12.2. The predicted octanol–water partition coefficient (Wildman–Crippen LogP) is 1.99. The van der Waals surface area contributed by atoms with Gasteiger partial charge in [0.1, 0.15) is 5.82 Å². The molecule has 6 nitrogen and oxygen atoms in total. The second kappa shape index (κ2) is 7.98. The summed E-state index contributed by atoms with van der Waals surface area (Å²) in [5.41, 5.74) is 8.57. The lowest BCUT2D eigenvalue weighted by Gasteiger charge is -2.34. The molecule has 3 rings (SSSR count). The summed E-state index contributed by atoms with van der Waals surface area (Å²) in [6.07, 6.45) is 2.70. The molecule has 0 aliphatic carbocycles. The Kier molecular flexibility index (Phi) is 5.50. The molecule has 1 aliphatic heterocycles. The van der Waals surface area contributed by atoms with Gasteiger partial charge >= 0.3 is 0 Å². The van der Waals surface area contributed by atoms with Crippen molar-refractivity contribution in [2.24, 2.45) is 0 Å². The molecule has 1 aliphatic rings. The minimum Gasteiger partial charge on any atom is -0.398 e. The van der Waals surface area contributed by atoms with Gasteiger partial charge in [-0.25, -0.2) is 4.98 Å². The van der Waals surface area contributed by atoms with Crippen LogP contribution in [0.2, 0.25) is 0 Å². The van der Waals surface area contributed by atoms with Crippen molar-refractivity contribution in [2.45, 2.75) is 13.3 Å². The summed E-state index contributed by atoms with van der Waals surface area (Å²) < 4.78 is 0. The third-order valence-corrected chi connectivity index (χ3v) is 4.52. The molecule has 25 heavy (non-hydrogen) atoms. The maximum absolute atomic E-state index is 12.3. The first-order valence-corrected chi connectivity index (χ1v) is 8.72. The van der Waals surface area contributed by atoms with Gasteiger partial charge in [-0.2, -0.15) is 0 Å². The minimum absolute atomic E-state index is 0.00469. The molecule has 1 fully saturated rings. The molecule has 2 aromatic rings. The van der Waals surface area contributed by atoms with Crippen molar-refractivity contribution in [1.29, 1.82) is 0 Å². The maximum atomic E-state index is 12.3. The van der Waals surface area contributed by atoms with Crippen molar-refractivity contribution >= 4 is 23.1 Å². The molecular weight excluding hydrogens is 314 g/mol. The molecule has 6 heteroatoms. The highest BCUT2D eigenvalue weighted by atomic mass is 16.2. The second-order valence-electron chi connectivity index (χ2n) is 6.27. The van der Waals surface area contributed by atoms with Gasteiger partial charge in [-0.3, -0.25) is 9.69 Å². The van der Waals surface area contributed by atoms with Gasteiger partial charge in [0.15, 0.2) is 0 Å². The van der Waals surface area contributed by atoms with E-state index in [0.29, 0.717) is 6.54 Å². The Balaban J connectivity index is 1.49. The molecular formula is C19H25N5O. The number of benzene rings is 1. The number of aryl methyl sites for hydroxylation is 1. The van der Waals surface area contributed by atoms with E-state index in [1.807, 2.05) is 42.6 Å². The van der Waals surface area contributed by atoms with Crippen molar-refractivity contribution in [2.75, 3.05) is 48.7 Å². The standard InChI is InChI=1S/C19H25N5O/c1-2-15-6-7-16(13-17(15)20)22-19(25)14-23-9-11-24(12-10-23)18-5-3-4-8-21-18/h3-8,13H,2,9-12,14,20H2,1H3,(H,22,25). The highest BCUT2D eigenvalue weighted by molar-refractivity contribution is 5.92. The number of hydrogen-bond acceptors (Lipinski definition) is 5.